The maximum atomic E-state index is 5.56. The van der Waals surface area contributed by atoms with E-state index in [-0.39, 0.29) is 24.8 Å². The van der Waals surface area contributed by atoms with Gasteiger partial charge in [0.25, 0.3) is 0 Å². The van der Waals surface area contributed by atoms with Gasteiger partial charge in [-0.3, -0.25) is 4.57 Å². The molecule has 0 saturated carbocycles. The molecule has 4 nitrogen and oxygen atoms in total. The average molecular weight is 221 g/mol. The van der Waals surface area contributed by atoms with E-state index in [0.717, 1.165) is 11.2 Å². The van der Waals surface area contributed by atoms with Crippen molar-refractivity contribution in [3.8, 4) is 0 Å². The van der Waals surface area contributed by atoms with E-state index in [2.05, 4.69) is 9.97 Å². The van der Waals surface area contributed by atoms with Crippen LogP contribution in [-0.4, -0.2) is 14.5 Å². The van der Waals surface area contributed by atoms with Gasteiger partial charge in [0.2, 0.25) is 5.95 Å². The van der Waals surface area contributed by atoms with E-state index in [1.807, 2.05) is 19.2 Å². The Morgan fingerprint density at radius 2 is 2.08 bits per heavy atom. The van der Waals surface area contributed by atoms with Crippen molar-refractivity contribution in [1.82, 2.24) is 14.5 Å². The lowest BCUT2D eigenvalue weighted by Gasteiger charge is -1.92. The Morgan fingerprint density at radius 3 is 2.69 bits per heavy atom. The summed E-state index contributed by atoms with van der Waals surface area (Å²) < 4.78 is 1.76. The van der Waals surface area contributed by atoms with Gasteiger partial charge in [-0.15, -0.1) is 24.8 Å². The minimum absolute atomic E-state index is 0. The number of nitrogens with zero attached hydrogens (tertiary/aromatic N) is 3. The zero-order chi connectivity index (χ0) is 7.84. The number of aromatic nitrogens is 3. The number of hydrogen-bond donors (Lipinski definition) is 1. The molecule has 0 aromatic carbocycles. The Labute approximate surface area is 88.0 Å². The Balaban J connectivity index is 0.000000720. The van der Waals surface area contributed by atoms with Crippen LogP contribution in [0.2, 0.25) is 0 Å². The largest absolute Gasteiger partial charge is 0.369 e. The van der Waals surface area contributed by atoms with E-state index in [0.29, 0.717) is 5.95 Å². The van der Waals surface area contributed by atoms with Gasteiger partial charge in [-0.2, -0.15) is 0 Å². The number of halogens is 2. The molecule has 2 heterocycles. The van der Waals surface area contributed by atoms with Crippen molar-refractivity contribution in [2.45, 2.75) is 0 Å². The van der Waals surface area contributed by atoms with Gasteiger partial charge in [-0.1, -0.05) is 0 Å². The molecule has 0 unspecified atom stereocenters. The second-order valence-electron chi connectivity index (χ2n) is 2.38. The molecule has 72 valence electrons. The molecule has 0 aliphatic heterocycles. The lowest BCUT2D eigenvalue weighted by Crippen LogP contribution is -1.96. The summed E-state index contributed by atoms with van der Waals surface area (Å²) in [5.74, 6) is 0.499. The fraction of sp³-hybridized carbons (Fsp3) is 0.143. The second kappa shape index (κ2) is 4.30. The normalized spacial score (nSPS) is 9.00. The molecule has 0 spiro atoms. The molecule has 0 aliphatic carbocycles. The molecule has 0 atom stereocenters. The molecule has 0 radical (unpaired) electrons. The first-order chi connectivity index (χ1) is 5.29. The van der Waals surface area contributed by atoms with Crippen molar-refractivity contribution in [3.63, 3.8) is 0 Å². The van der Waals surface area contributed by atoms with Crippen LogP contribution in [0.15, 0.2) is 18.3 Å². The van der Waals surface area contributed by atoms with E-state index >= 15 is 0 Å². The molecule has 2 aromatic rings. The highest BCUT2D eigenvalue weighted by atomic mass is 35.5. The predicted molar refractivity (Wildman–Crippen MR) is 57.4 cm³/mol. The summed E-state index contributed by atoms with van der Waals surface area (Å²) in [5.41, 5.74) is 7.23. The first-order valence-electron chi connectivity index (χ1n) is 3.32. The van der Waals surface area contributed by atoms with Gasteiger partial charge in [0, 0.05) is 13.2 Å². The van der Waals surface area contributed by atoms with E-state index in [1.165, 1.54) is 0 Å². The summed E-state index contributed by atoms with van der Waals surface area (Å²) >= 11 is 0. The van der Waals surface area contributed by atoms with Gasteiger partial charge in [0.1, 0.15) is 5.52 Å². The summed E-state index contributed by atoms with van der Waals surface area (Å²) in [6.07, 6.45) is 1.73. The molecule has 0 aliphatic rings. The fourth-order valence-electron chi connectivity index (χ4n) is 1.04. The van der Waals surface area contributed by atoms with Crippen LogP contribution in [0.1, 0.15) is 0 Å². The first kappa shape index (κ1) is 12.0. The number of pyridine rings is 1. The standard InChI is InChI=1S/C7H8N4.2ClH/c1-11-6-5(10-7(11)8)3-2-4-9-6;;/h2-4H,1H3,(H2,8,10);2*1H. The van der Waals surface area contributed by atoms with E-state index < -0.39 is 0 Å². The number of nitrogen functional groups attached to an aromatic ring is 1. The van der Waals surface area contributed by atoms with Crippen molar-refractivity contribution in [2.24, 2.45) is 7.05 Å². The third kappa shape index (κ3) is 1.84. The highest BCUT2D eigenvalue weighted by Crippen LogP contribution is 2.11. The molecule has 0 bridgehead atoms. The maximum Gasteiger partial charge on any atom is 0.202 e. The number of anilines is 1. The van der Waals surface area contributed by atoms with Crippen molar-refractivity contribution >= 4 is 41.9 Å². The highest BCUT2D eigenvalue weighted by molar-refractivity contribution is 5.85. The van der Waals surface area contributed by atoms with Crippen molar-refractivity contribution in [3.05, 3.63) is 18.3 Å². The van der Waals surface area contributed by atoms with Gasteiger partial charge in [-0.05, 0) is 12.1 Å². The quantitative estimate of drug-likeness (QED) is 0.731. The van der Waals surface area contributed by atoms with E-state index in [4.69, 9.17) is 5.73 Å². The fourth-order valence-corrected chi connectivity index (χ4v) is 1.04. The minimum Gasteiger partial charge on any atom is -0.369 e. The van der Waals surface area contributed by atoms with Crippen LogP contribution in [-0.2, 0) is 7.05 Å². The average Bonchev–Trinajstić information content (AvgIpc) is 2.30. The Bertz CT molecular complexity index is 398. The lowest BCUT2D eigenvalue weighted by molar-refractivity contribution is 0.947. The third-order valence-corrected chi connectivity index (χ3v) is 1.66. The molecule has 2 N–H and O–H groups in total. The number of aryl methyl sites for hydroxylation is 1. The van der Waals surface area contributed by atoms with Gasteiger partial charge < -0.3 is 5.73 Å². The summed E-state index contributed by atoms with van der Waals surface area (Å²) in [6.45, 7) is 0. The van der Waals surface area contributed by atoms with Gasteiger partial charge >= 0.3 is 0 Å². The smallest absolute Gasteiger partial charge is 0.202 e. The van der Waals surface area contributed by atoms with Crippen LogP contribution >= 0.6 is 24.8 Å². The monoisotopic (exact) mass is 220 g/mol. The molecular formula is C7H10Cl2N4. The first-order valence-corrected chi connectivity index (χ1v) is 3.32. The van der Waals surface area contributed by atoms with E-state index in [1.54, 1.807) is 10.8 Å². The van der Waals surface area contributed by atoms with Crippen LogP contribution < -0.4 is 5.73 Å². The van der Waals surface area contributed by atoms with Gasteiger partial charge in [0.15, 0.2) is 5.65 Å². The number of hydrogen-bond acceptors (Lipinski definition) is 3. The molecule has 2 aromatic heterocycles. The Morgan fingerprint density at radius 1 is 1.38 bits per heavy atom. The van der Waals surface area contributed by atoms with Crippen LogP contribution in [0.5, 0.6) is 0 Å². The highest BCUT2D eigenvalue weighted by Gasteiger charge is 2.02. The van der Waals surface area contributed by atoms with Crippen molar-refractivity contribution < 1.29 is 0 Å². The molecule has 2 rings (SSSR count). The summed E-state index contributed by atoms with van der Waals surface area (Å²) in [7, 11) is 1.84. The molecule has 0 saturated heterocycles. The number of rotatable bonds is 0. The lowest BCUT2D eigenvalue weighted by atomic mass is 10.4. The van der Waals surface area contributed by atoms with Gasteiger partial charge in [-0.25, -0.2) is 9.97 Å². The topological polar surface area (TPSA) is 56.7 Å². The van der Waals surface area contributed by atoms with E-state index in [9.17, 15) is 0 Å². The SMILES string of the molecule is Cl.Cl.Cn1c(N)nc2cccnc21. The number of nitrogens with two attached hydrogens (primary N) is 1. The summed E-state index contributed by atoms with van der Waals surface area (Å²) in [6, 6.07) is 3.73. The summed E-state index contributed by atoms with van der Waals surface area (Å²) in [5, 5.41) is 0. The van der Waals surface area contributed by atoms with Gasteiger partial charge in [0.05, 0.1) is 0 Å². The van der Waals surface area contributed by atoms with Crippen molar-refractivity contribution in [2.75, 3.05) is 5.73 Å². The van der Waals surface area contributed by atoms with Crippen LogP contribution in [0.4, 0.5) is 5.95 Å². The minimum atomic E-state index is 0. The summed E-state index contributed by atoms with van der Waals surface area (Å²) in [4.78, 5) is 8.21. The molecule has 6 heteroatoms. The zero-order valence-electron chi connectivity index (χ0n) is 6.97. The zero-order valence-corrected chi connectivity index (χ0v) is 8.60. The second-order valence-corrected chi connectivity index (χ2v) is 2.38. The van der Waals surface area contributed by atoms with Crippen LogP contribution in [0, 0.1) is 0 Å². The molecule has 13 heavy (non-hydrogen) atoms. The third-order valence-electron chi connectivity index (χ3n) is 1.66. The molecule has 0 amide bonds. The van der Waals surface area contributed by atoms with Crippen molar-refractivity contribution in [1.29, 1.82) is 0 Å². The van der Waals surface area contributed by atoms with Crippen LogP contribution in [0.25, 0.3) is 11.2 Å². The van der Waals surface area contributed by atoms with Crippen LogP contribution in [0.3, 0.4) is 0 Å². The number of fused-ring (bicyclic) bond motifs is 1. The number of imidazole rings is 1. The maximum absolute atomic E-state index is 5.56. The Hall–Kier alpha value is -1.00. The predicted octanol–water partition coefficient (Wildman–Crippen LogP) is 1.39. The molecular weight excluding hydrogens is 211 g/mol. The molecule has 0 fully saturated rings. The Kier molecular flexibility index (Phi) is 3.97.